The smallest absolute Gasteiger partial charge is 0.202 e. The average molecular weight is 302 g/mol. The maximum absolute atomic E-state index is 11.5. The Bertz CT molecular complexity index is 719. The summed E-state index contributed by atoms with van der Waals surface area (Å²) in [7, 11) is -2.97. The molecule has 0 saturated carbocycles. The minimum absolute atomic E-state index is 0.0808. The fraction of sp³-hybridized carbons (Fsp3) is 0.364. The van der Waals surface area contributed by atoms with Crippen LogP contribution in [-0.4, -0.2) is 29.7 Å². The molecule has 0 bridgehead atoms. The van der Waals surface area contributed by atoms with Crippen LogP contribution in [0.1, 0.15) is 12.5 Å². The molecule has 3 rings (SSSR count). The molecule has 1 saturated heterocycles. The number of furan rings is 1. The van der Waals surface area contributed by atoms with Gasteiger partial charge in [-0.2, -0.15) is 5.10 Å². The third-order valence-electron chi connectivity index (χ3n) is 3.21. The van der Waals surface area contributed by atoms with Gasteiger partial charge in [0.25, 0.3) is 0 Å². The van der Waals surface area contributed by atoms with Crippen LogP contribution in [0.5, 0.6) is 0 Å². The number of aromatic nitrogens is 2. The number of nitrogens with zero attached hydrogens (tertiary/aromatic N) is 2. The summed E-state index contributed by atoms with van der Waals surface area (Å²) in [5.41, 5.74) is 7.13. The largest absolute Gasteiger partial charge is 0.452 e. The molecule has 1 aliphatic rings. The third kappa shape index (κ3) is 2.23. The van der Waals surface area contributed by atoms with E-state index in [2.05, 4.69) is 5.10 Å². The highest BCUT2D eigenvalue weighted by Crippen LogP contribution is 2.32. The van der Waals surface area contributed by atoms with Gasteiger partial charge in [-0.1, -0.05) is 0 Å². The fourth-order valence-corrected chi connectivity index (χ4v) is 4.18. The van der Waals surface area contributed by atoms with Crippen molar-refractivity contribution < 1.29 is 12.8 Å². The Kier molecular flexibility index (Phi) is 2.83. The van der Waals surface area contributed by atoms with Gasteiger partial charge in [-0.05, 0) is 24.1 Å². The van der Waals surface area contributed by atoms with Crippen LogP contribution in [0.2, 0.25) is 5.22 Å². The zero-order chi connectivity index (χ0) is 13.6. The number of nitrogen functional groups attached to an aromatic ring is 1. The monoisotopic (exact) mass is 301 g/mol. The van der Waals surface area contributed by atoms with E-state index in [1.54, 1.807) is 16.8 Å². The molecule has 3 heterocycles. The van der Waals surface area contributed by atoms with Gasteiger partial charge in [0.15, 0.2) is 9.84 Å². The summed E-state index contributed by atoms with van der Waals surface area (Å²) >= 11 is 5.89. The molecule has 1 atom stereocenters. The molecule has 1 aliphatic heterocycles. The molecule has 0 spiro atoms. The highest BCUT2D eigenvalue weighted by molar-refractivity contribution is 7.91. The van der Waals surface area contributed by atoms with E-state index in [1.807, 2.05) is 0 Å². The molecular formula is C11H12ClN3O3S. The predicted octanol–water partition coefficient (Wildman–Crippen LogP) is 1.74. The summed E-state index contributed by atoms with van der Waals surface area (Å²) in [6, 6.07) is 3.16. The zero-order valence-corrected chi connectivity index (χ0v) is 11.5. The van der Waals surface area contributed by atoms with Crippen molar-refractivity contribution in [3.05, 3.63) is 23.6 Å². The minimum atomic E-state index is -2.97. The molecule has 2 aromatic rings. The second-order valence-corrected chi connectivity index (χ2v) is 7.14. The summed E-state index contributed by atoms with van der Waals surface area (Å²) in [6.45, 7) is 0. The van der Waals surface area contributed by atoms with Crippen LogP contribution in [0.15, 0.2) is 22.8 Å². The molecule has 2 aromatic heterocycles. The molecular weight excluding hydrogens is 290 g/mol. The van der Waals surface area contributed by atoms with Crippen LogP contribution in [0.25, 0.3) is 11.3 Å². The Balaban J connectivity index is 1.97. The summed E-state index contributed by atoms with van der Waals surface area (Å²) in [5.74, 6) is 0.685. The first-order chi connectivity index (χ1) is 8.96. The summed E-state index contributed by atoms with van der Waals surface area (Å²) in [5, 5.41) is 4.58. The Morgan fingerprint density at radius 3 is 2.89 bits per heavy atom. The van der Waals surface area contributed by atoms with Gasteiger partial charge in [-0.15, -0.1) is 0 Å². The molecule has 102 valence electrons. The molecule has 6 nitrogen and oxygen atoms in total. The first-order valence-corrected chi connectivity index (χ1v) is 7.95. The Hall–Kier alpha value is -1.47. The quantitative estimate of drug-likeness (QED) is 0.912. The number of hydrogen-bond donors (Lipinski definition) is 1. The van der Waals surface area contributed by atoms with Gasteiger partial charge in [0.05, 0.1) is 35.1 Å². The van der Waals surface area contributed by atoms with Crippen molar-refractivity contribution in [2.45, 2.75) is 12.5 Å². The minimum Gasteiger partial charge on any atom is -0.452 e. The molecule has 19 heavy (non-hydrogen) atoms. The second-order valence-electron chi connectivity index (χ2n) is 4.56. The molecule has 1 unspecified atom stereocenters. The number of sulfone groups is 1. The molecule has 1 fully saturated rings. The van der Waals surface area contributed by atoms with Crippen LogP contribution in [0, 0.1) is 0 Å². The van der Waals surface area contributed by atoms with Crippen LogP contribution in [0.4, 0.5) is 5.82 Å². The van der Waals surface area contributed by atoms with Gasteiger partial charge in [0.1, 0.15) is 5.82 Å². The number of hydrogen-bond acceptors (Lipinski definition) is 5. The van der Waals surface area contributed by atoms with Gasteiger partial charge >= 0.3 is 0 Å². The van der Waals surface area contributed by atoms with Crippen molar-refractivity contribution >= 4 is 27.3 Å². The van der Waals surface area contributed by atoms with Gasteiger partial charge in [0.2, 0.25) is 5.22 Å². The van der Waals surface area contributed by atoms with Crippen LogP contribution >= 0.6 is 11.6 Å². The van der Waals surface area contributed by atoms with E-state index < -0.39 is 9.84 Å². The van der Waals surface area contributed by atoms with E-state index >= 15 is 0 Å². The average Bonchev–Trinajstić information content (AvgIpc) is 2.98. The first kappa shape index (κ1) is 12.6. The Morgan fingerprint density at radius 2 is 2.32 bits per heavy atom. The summed E-state index contributed by atoms with van der Waals surface area (Å²) in [4.78, 5) is 0. The molecule has 8 heteroatoms. The Labute approximate surface area is 115 Å². The van der Waals surface area contributed by atoms with Crippen LogP contribution in [-0.2, 0) is 9.84 Å². The molecule has 0 aliphatic carbocycles. The van der Waals surface area contributed by atoms with E-state index in [9.17, 15) is 8.42 Å². The van der Waals surface area contributed by atoms with Gasteiger partial charge in [-0.25, -0.2) is 13.1 Å². The molecule has 0 amide bonds. The zero-order valence-electron chi connectivity index (χ0n) is 9.91. The maximum Gasteiger partial charge on any atom is 0.202 e. The van der Waals surface area contributed by atoms with Crippen molar-refractivity contribution in [2.75, 3.05) is 17.2 Å². The predicted molar refractivity (Wildman–Crippen MR) is 71.7 cm³/mol. The Morgan fingerprint density at radius 1 is 1.53 bits per heavy atom. The van der Waals surface area contributed by atoms with Crippen molar-refractivity contribution in [1.82, 2.24) is 9.78 Å². The van der Waals surface area contributed by atoms with E-state index in [0.29, 0.717) is 23.5 Å². The van der Waals surface area contributed by atoms with Crippen molar-refractivity contribution in [1.29, 1.82) is 0 Å². The van der Waals surface area contributed by atoms with Gasteiger partial charge < -0.3 is 10.2 Å². The lowest BCUT2D eigenvalue weighted by Crippen LogP contribution is -2.14. The van der Waals surface area contributed by atoms with Crippen LogP contribution in [0.3, 0.4) is 0 Å². The third-order valence-corrected chi connectivity index (χ3v) is 5.26. The summed E-state index contributed by atoms with van der Waals surface area (Å²) < 4.78 is 29.6. The molecule has 0 radical (unpaired) electrons. The number of anilines is 1. The van der Waals surface area contributed by atoms with Gasteiger partial charge in [0, 0.05) is 6.07 Å². The fourth-order valence-electron chi connectivity index (χ4n) is 2.28. The summed E-state index contributed by atoms with van der Waals surface area (Å²) in [6.07, 6.45) is 2.00. The van der Waals surface area contributed by atoms with E-state index in [0.717, 1.165) is 0 Å². The second kappa shape index (κ2) is 4.28. The molecule has 2 N–H and O–H groups in total. The van der Waals surface area contributed by atoms with E-state index in [4.69, 9.17) is 21.8 Å². The highest BCUT2D eigenvalue weighted by Gasteiger charge is 2.31. The van der Waals surface area contributed by atoms with Crippen LogP contribution < -0.4 is 5.73 Å². The van der Waals surface area contributed by atoms with E-state index in [1.165, 1.54) is 6.26 Å². The van der Waals surface area contributed by atoms with Crippen molar-refractivity contribution in [3.63, 3.8) is 0 Å². The SMILES string of the molecule is Nc1cc(-c2ccoc2Cl)nn1C1CCS(=O)(=O)C1. The number of nitrogens with two attached hydrogens (primary N) is 1. The lowest BCUT2D eigenvalue weighted by atomic mass is 10.2. The van der Waals surface area contributed by atoms with Crippen molar-refractivity contribution in [2.24, 2.45) is 0 Å². The maximum atomic E-state index is 11.5. The highest BCUT2D eigenvalue weighted by atomic mass is 35.5. The molecule has 0 aromatic carbocycles. The van der Waals surface area contributed by atoms with Crippen molar-refractivity contribution in [3.8, 4) is 11.3 Å². The normalized spacial score (nSPS) is 21.8. The number of rotatable bonds is 2. The standard InChI is InChI=1S/C11H12ClN3O3S/c12-11-8(1-3-18-11)9-5-10(13)15(14-9)7-2-4-19(16,17)6-7/h1,3,5,7H,2,4,6,13H2. The van der Waals surface area contributed by atoms with E-state index in [-0.39, 0.29) is 22.8 Å². The van der Waals surface area contributed by atoms with Gasteiger partial charge in [-0.3, -0.25) is 0 Å². The topological polar surface area (TPSA) is 91.1 Å². The first-order valence-electron chi connectivity index (χ1n) is 5.75. The number of halogens is 1. The lowest BCUT2D eigenvalue weighted by molar-refractivity contribution is 0.508. The lowest BCUT2D eigenvalue weighted by Gasteiger charge is -2.09.